The lowest BCUT2D eigenvalue weighted by Crippen LogP contribution is -2.45. The molecule has 0 N–H and O–H groups in total. The monoisotopic (exact) mass is 262 g/mol. The van der Waals surface area contributed by atoms with Crippen LogP contribution in [-0.4, -0.2) is 53.7 Å². The second-order valence-electron chi connectivity index (χ2n) is 4.80. The third kappa shape index (κ3) is 3.90. The zero-order valence-electron chi connectivity index (χ0n) is 12.0. The van der Waals surface area contributed by atoms with Gasteiger partial charge in [0.15, 0.2) is 0 Å². The van der Waals surface area contributed by atoms with Crippen molar-refractivity contribution >= 4 is 0 Å². The van der Waals surface area contributed by atoms with Gasteiger partial charge in [-0.15, -0.1) is 0 Å². The molecule has 0 aliphatic carbocycles. The first-order valence-corrected chi connectivity index (χ1v) is 6.47. The molecular weight excluding hydrogens is 236 g/mol. The zero-order valence-corrected chi connectivity index (χ0v) is 12.0. The first-order chi connectivity index (χ1) is 8.66. The standard InChI is InChI=1S/C13H26O5/c1-5-12(10-18-11-12)9-17-8-6-7-13(14-2,15-3)16-4/h5-11H2,1-4H3. The number of rotatable bonds is 10. The van der Waals surface area contributed by atoms with Crippen molar-refractivity contribution in [3.05, 3.63) is 0 Å². The van der Waals surface area contributed by atoms with E-state index < -0.39 is 5.97 Å². The molecule has 0 aromatic rings. The van der Waals surface area contributed by atoms with E-state index in [1.807, 2.05) is 0 Å². The smallest absolute Gasteiger partial charge is 0.282 e. The predicted molar refractivity (Wildman–Crippen MR) is 67.4 cm³/mol. The minimum absolute atomic E-state index is 0.251. The fourth-order valence-corrected chi connectivity index (χ4v) is 2.02. The molecule has 0 unspecified atom stereocenters. The van der Waals surface area contributed by atoms with Crippen molar-refractivity contribution in [2.45, 2.75) is 32.2 Å². The summed E-state index contributed by atoms with van der Waals surface area (Å²) in [5, 5.41) is 0. The van der Waals surface area contributed by atoms with Crippen molar-refractivity contribution in [3.8, 4) is 0 Å². The van der Waals surface area contributed by atoms with Gasteiger partial charge in [-0.05, 0) is 12.8 Å². The van der Waals surface area contributed by atoms with Crippen LogP contribution in [0.5, 0.6) is 0 Å². The molecule has 5 nitrogen and oxygen atoms in total. The zero-order chi connectivity index (χ0) is 13.5. The minimum atomic E-state index is -0.939. The van der Waals surface area contributed by atoms with Gasteiger partial charge >= 0.3 is 0 Å². The van der Waals surface area contributed by atoms with Crippen LogP contribution in [0.2, 0.25) is 0 Å². The van der Waals surface area contributed by atoms with E-state index in [9.17, 15) is 0 Å². The largest absolute Gasteiger partial charge is 0.381 e. The van der Waals surface area contributed by atoms with Crippen LogP contribution in [0.15, 0.2) is 0 Å². The van der Waals surface area contributed by atoms with Crippen molar-refractivity contribution in [3.63, 3.8) is 0 Å². The Morgan fingerprint density at radius 1 is 1.11 bits per heavy atom. The van der Waals surface area contributed by atoms with Gasteiger partial charge in [0, 0.05) is 39.8 Å². The molecule has 1 saturated heterocycles. The summed E-state index contributed by atoms with van der Waals surface area (Å²) in [6.45, 7) is 5.27. The predicted octanol–water partition coefficient (Wildman–Crippen LogP) is 1.80. The maximum atomic E-state index is 5.71. The van der Waals surface area contributed by atoms with E-state index in [-0.39, 0.29) is 5.41 Å². The lowest BCUT2D eigenvalue weighted by molar-refractivity contribution is -0.355. The van der Waals surface area contributed by atoms with Crippen LogP contribution in [0.1, 0.15) is 26.2 Å². The van der Waals surface area contributed by atoms with E-state index in [0.717, 1.165) is 32.7 Å². The molecule has 5 heteroatoms. The van der Waals surface area contributed by atoms with Crippen LogP contribution in [-0.2, 0) is 23.7 Å². The average Bonchev–Trinajstić information content (AvgIpc) is 2.37. The Bertz CT molecular complexity index is 210. The topological polar surface area (TPSA) is 46.2 Å². The molecule has 18 heavy (non-hydrogen) atoms. The van der Waals surface area contributed by atoms with Gasteiger partial charge in [0.25, 0.3) is 5.97 Å². The molecule has 0 radical (unpaired) electrons. The van der Waals surface area contributed by atoms with E-state index in [4.69, 9.17) is 23.7 Å². The van der Waals surface area contributed by atoms with Crippen LogP contribution >= 0.6 is 0 Å². The Kier molecular flexibility index (Phi) is 6.52. The average molecular weight is 262 g/mol. The molecule has 1 aliphatic heterocycles. The SMILES string of the molecule is CCC1(COCCCC(OC)(OC)OC)COC1. The second-order valence-corrected chi connectivity index (χ2v) is 4.80. The summed E-state index contributed by atoms with van der Waals surface area (Å²) in [6, 6.07) is 0. The quantitative estimate of drug-likeness (QED) is 0.444. The first kappa shape index (κ1) is 15.9. The molecule has 0 aromatic carbocycles. The Hall–Kier alpha value is -0.200. The molecule has 1 fully saturated rings. The van der Waals surface area contributed by atoms with Crippen molar-refractivity contribution in [1.82, 2.24) is 0 Å². The molecule has 0 saturated carbocycles. The van der Waals surface area contributed by atoms with Gasteiger partial charge in [-0.2, -0.15) is 0 Å². The summed E-state index contributed by atoms with van der Waals surface area (Å²) in [5.41, 5.74) is 0.251. The summed E-state index contributed by atoms with van der Waals surface area (Å²) >= 11 is 0. The maximum Gasteiger partial charge on any atom is 0.282 e. The Labute approximate surface area is 110 Å². The van der Waals surface area contributed by atoms with Gasteiger partial charge in [-0.1, -0.05) is 6.92 Å². The Morgan fingerprint density at radius 2 is 1.72 bits per heavy atom. The molecule has 0 bridgehead atoms. The van der Waals surface area contributed by atoms with Gasteiger partial charge in [0.1, 0.15) is 0 Å². The van der Waals surface area contributed by atoms with E-state index >= 15 is 0 Å². The molecular formula is C13H26O5. The van der Waals surface area contributed by atoms with E-state index in [0.29, 0.717) is 13.0 Å². The fraction of sp³-hybridized carbons (Fsp3) is 1.00. The second kappa shape index (κ2) is 7.40. The summed E-state index contributed by atoms with van der Waals surface area (Å²) in [6.07, 6.45) is 2.58. The fourth-order valence-electron chi connectivity index (χ4n) is 2.02. The number of methoxy groups -OCH3 is 3. The number of hydrogen-bond donors (Lipinski definition) is 0. The summed E-state index contributed by atoms with van der Waals surface area (Å²) < 4.78 is 26.6. The highest BCUT2D eigenvalue weighted by Gasteiger charge is 2.37. The van der Waals surface area contributed by atoms with Crippen LogP contribution in [0.4, 0.5) is 0 Å². The minimum Gasteiger partial charge on any atom is -0.381 e. The van der Waals surface area contributed by atoms with Crippen LogP contribution in [0, 0.1) is 5.41 Å². The first-order valence-electron chi connectivity index (χ1n) is 6.47. The molecule has 1 rings (SSSR count). The number of ether oxygens (including phenoxy) is 5. The van der Waals surface area contributed by atoms with Gasteiger partial charge in [-0.3, -0.25) is 0 Å². The summed E-state index contributed by atoms with van der Waals surface area (Å²) in [4.78, 5) is 0. The van der Waals surface area contributed by atoms with Crippen molar-refractivity contribution in [2.75, 3.05) is 47.8 Å². The summed E-state index contributed by atoms with van der Waals surface area (Å²) in [7, 11) is 4.73. The summed E-state index contributed by atoms with van der Waals surface area (Å²) in [5.74, 6) is -0.939. The van der Waals surface area contributed by atoms with Crippen molar-refractivity contribution < 1.29 is 23.7 Å². The van der Waals surface area contributed by atoms with E-state index in [1.54, 1.807) is 21.3 Å². The van der Waals surface area contributed by atoms with Crippen LogP contribution in [0.3, 0.4) is 0 Å². The highest BCUT2D eigenvalue weighted by molar-refractivity contribution is 4.83. The molecule has 0 aromatic heterocycles. The molecule has 108 valence electrons. The van der Waals surface area contributed by atoms with Crippen LogP contribution in [0.25, 0.3) is 0 Å². The third-order valence-corrected chi connectivity index (χ3v) is 3.68. The Balaban J connectivity index is 2.14. The lowest BCUT2D eigenvalue weighted by atomic mass is 9.84. The normalized spacial score (nSPS) is 18.7. The molecule has 0 amide bonds. The van der Waals surface area contributed by atoms with Gasteiger partial charge < -0.3 is 23.7 Å². The van der Waals surface area contributed by atoms with Gasteiger partial charge in [0.05, 0.1) is 19.8 Å². The molecule has 0 spiro atoms. The highest BCUT2D eigenvalue weighted by atomic mass is 16.9. The van der Waals surface area contributed by atoms with Crippen LogP contribution < -0.4 is 0 Å². The maximum absolute atomic E-state index is 5.71. The lowest BCUT2D eigenvalue weighted by Gasteiger charge is -2.40. The highest BCUT2D eigenvalue weighted by Crippen LogP contribution is 2.31. The van der Waals surface area contributed by atoms with Crippen molar-refractivity contribution in [2.24, 2.45) is 5.41 Å². The molecule has 0 atom stereocenters. The third-order valence-electron chi connectivity index (χ3n) is 3.68. The molecule has 1 aliphatic rings. The Morgan fingerprint density at radius 3 is 2.11 bits per heavy atom. The van der Waals surface area contributed by atoms with Gasteiger partial charge in [0.2, 0.25) is 0 Å². The van der Waals surface area contributed by atoms with Gasteiger partial charge in [-0.25, -0.2) is 0 Å². The van der Waals surface area contributed by atoms with E-state index in [1.165, 1.54) is 0 Å². The van der Waals surface area contributed by atoms with E-state index in [2.05, 4.69) is 6.92 Å². The van der Waals surface area contributed by atoms with Crippen molar-refractivity contribution in [1.29, 1.82) is 0 Å². The molecule has 1 heterocycles. The number of hydrogen-bond acceptors (Lipinski definition) is 5.